The molecule has 1 aliphatic heterocycles. The zero-order chi connectivity index (χ0) is 14.0. The average molecular weight is 260 g/mol. The lowest BCUT2D eigenvalue weighted by molar-refractivity contribution is -0.148. The zero-order valence-electron chi connectivity index (χ0n) is 11.2. The Morgan fingerprint density at radius 3 is 2.89 bits per heavy atom. The fraction of sp³-hybridized carbons (Fsp3) is 0.357. The van der Waals surface area contributed by atoms with Gasteiger partial charge in [-0.15, -0.1) is 0 Å². The van der Waals surface area contributed by atoms with Crippen molar-refractivity contribution in [3.05, 3.63) is 29.5 Å². The fourth-order valence-corrected chi connectivity index (χ4v) is 1.72. The Hall–Kier alpha value is -2.17. The van der Waals surface area contributed by atoms with Gasteiger partial charge in [0.15, 0.2) is 0 Å². The molecule has 1 N–H and O–H groups in total. The molecule has 0 unspecified atom stereocenters. The summed E-state index contributed by atoms with van der Waals surface area (Å²) in [6.07, 6.45) is 4.92. The maximum atomic E-state index is 11.5. The molecule has 2 rings (SSSR count). The van der Waals surface area contributed by atoms with Crippen molar-refractivity contribution in [2.75, 3.05) is 5.32 Å². The molecule has 5 heteroatoms. The van der Waals surface area contributed by atoms with Crippen LogP contribution in [0.2, 0.25) is 0 Å². The van der Waals surface area contributed by atoms with Crippen LogP contribution < -0.4 is 5.32 Å². The first-order valence-electron chi connectivity index (χ1n) is 6.03. The molecule has 0 atom stereocenters. The number of carbonyl (C=O) groups excluding carboxylic acids is 2. The van der Waals surface area contributed by atoms with E-state index in [0.29, 0.717) is 12.2 Å². The van der Waals surface area contributed by atoms with Gasteiger partial charge < -0.3 is 10.1 Å². The molecule has 0 saturated carbocycles. The summed E-state index contributed by atoms with van der Waals surface area (Å²) in [6.45, 7) is 5.44. The van der Waals surface area contributed by atoms with Crippen molar-refractivity contribution in [1.29, 1.82) is 0 Å². The van der Waals surface area contributed by atoms with Gasteiger partial charge in [-0.1, -0.05) is 0 Å². The van der Waals surface area contributed by atoms with Crippen LogP contribution >= 0.6 is 0 Å². The highest BCUT2D eigenvalue weighted by atomic mass is 16.6. The van der Waals surface area contributed by atoms with Gasteiger partial charge in [-0.25, -0.2) is 9.78 Å². The van der Waals surface area contributed by atoms with Gasteiger partial charge in [-0.3, -0.25) is 4.79 Å². The van der Waals surface area contributed by atoms with Gasteiger partial charge in [0.05, 0.1) is 6.42 Å². The number of carbonyl (C=O) groups is 2. The van der Waals surface area contributed by atoms with Crippen LogP contribution in [-0.2, 0) is 20.7 Å². The minimum absolute atomic E-state index is 0.0595. The molecule has 0 radical (unpaired) electrons. The Balaban J connectivity index is 2.06. The van der Waals surface area contributed by atoms with Crippen LogP contribution in [0.3, 0.4) is 0 Å². The third kappa shape index (κ3) is 3.64. The van der Waals surface area contributed by atoms with E-state index in [1.807, 2.05) is 26.8 Å². The molecule has 19 heavy (non-hydrogen) atoms. The Bertz CT molecular complexity index is 556. The van der Waals surface area contributed by atoms with Gasteiger partial charge in [-0.05, 0) is 38.5 Å². The monoisotopic (exact) mass is 260 g/mol. The second-order valence-corrected chi connectivity index (χ2v) is 5.37. The Morgan fingerprint density at radius 2 is 2.21 bits per heavy atom. The molecule has 1 aromatic heterocycles. The summed E-state index contributed by atoms with van der Waals surface area (Å²) < 4.78 is 5.16. The number of pyridine rings is 1. The lowest BCUT2D eigenvalue weighted by Gasteiger charge is -2.17. The molecule has 0 bridgehead atoms. The maximum Gasteiger partial charge on any atom is 0.331 e. The minimum Gasteiger partial charge on any atom is -0.457 e. The Morgan fingerprint density at radius 1 is 1.47 bits per heavy atom. The van der Waals surface area contributed by atoms with Crippen molar-refractivity contribution >= 4 is 23.8 Å². The first-order chi connectivity index (χ1) is 8.83. The molecular weight excluding hydrogens is 244 g/mol. The summed E-state index contributed by atoms with van der Waals surface area (Å²) in [5.41, 5.74) is 1.10. The van der Waals surface area contributed by atoms with E-state index in [1.165, 1.54) is 6.08 Å². The quantitative estimate of drug-likeness (QED) is 0.651. The number of nitrogens with one attached hydrogen (secondary N) is 1. The standard InChI is InChI=1S/C14H16N2O3/c1-14(2,3)19-12(18)5-4-9-6-10-7-11(17)16-13(10)15-8-9/h4-6,8H,7H2,1-3H3,(H,15,16,17)/b5-4+. The van der Waals surface area contributed by atoms with E-state index in [2.05, 4.69) is 10.3 Å². The lowest BCUT2D eigenvalue weighted by atomic mass is 10.1. The summed E-state index contributed by atoms with van der Waals surface area (Å²) in [7, 11) is 0. The topological polar surface area (TPSA) is 68.3 Å². The highest BCUT2D eigenvalue weighted by Crippen LogP contribution is 2.21. The summed E-state index contributed by atoms with van der Waals surface area (Å²) in [5, 5.41) is 2.65. The number of ether oxygens (including phenoxy) is 1. The molecule has 1 aromatic rings. The number of anilines is 1. The minimum atomic E-state index is -0.506. The molecule has 0 aliphatic carbocycles. The first-order valence-corrected chi connectivity index (χ1v) is 6.03. The fourth-order valence-electron chi connectivity index (χ4n) is 1.72. The summed E-state index contributed by atoms with van der Waals surface area (Å²) in [5.74, 6) is 0.136. The lowest BCUT2D eigenvalue weighted by Crippen LogP contribution is -2.22. The van der Waals surface area contributed by atoms with Crippen molar-refractivity contribution in [3.8, 4) is 0 Å². The van der Waals surface area contributed by atoms with Crippen LogP contribution in [0.25, 0.3) is 6.08 Å². The van der Waals surface area contributed by atoms with Crippen molar-refractivity contribution in [3.63, 3.8) is 0 Å². The smallest absolute Gasteiger partial charge is 0.331 e. The van der Waals surface area contributed by atoms with E-state index in [9.17, 15) is 9.59 Å². The van der Waals surface area contributed by atoms with Crippen LogP contribution in [0.15, 0.2) is 18.3 Å². The SMILES string of the molecule is CC(C)(C)OC(=O)/C=C/c1cnc2c(c1)CC(=O)N2. The van der Waals surface area contributed by atoms with Crippen molar-refractivity contribution < 1.29 is 14.3 Å². The van der Waals surface area contributed by atoms with Gasteiger partial charge in [0.2, 0.25) is 5.91 Å². The summed E-state index contributed by atoms with van der Waals surface area (Å²) >= 11 is 0. The molecule has 5 nitrogen and oxygen atoms in total. The van der Waals surface area contributed by atoms with E-state index in [-0.39, 0.29) is 5.91 Å². The predicted octanol–water partition coefficient (Wildman–Crippen LogP) is 1.93. The highest BCUT2D eigenvalue weighted by Gasteiger charge is 2.18. The molecule has 2 heterocycles. The van der Waals surface area contributed by atoms with E-state index < -0.39 is 11.6 Å². The number of aromatic nitrogens is 1. The van der Waals surface area contributed by atoms with Crippen molar-refractivity contribution in [2.45, 2.75) is 32.8 Å². The van der Waals surface area contributed by atoms with E-state index in [0.717, 1.165) is 11.1 Å². The molecule has 1 amide bonds. The van der Waals surface area contributed by atoms with Crippen molar-refractivity contribution in [2.24, 2.45) is 0 Å². The molecule has 100 valence electrons. The number of fused-ring (bicyclic) bond motifs is 1. The third-order valence-corrected chi connectivity index (χ3v) is 2.42. The molecule has 0 aromatic carbocycles. The Labute approximate surface area is 111 Å². The van der Waals surface area contributed by atoms with Gasteiger partial charge in [-0.2, -0.15) is 0 Å². The number of amides is 1. The summed E-state index contributed by atoms with van der Waals surface area (Å²) in [4.78, 5) is 26.8. The van der Waals surface area contributed by atoms with Crippen LogP contribution in [0, 0.1) is 0 Å². The van der Waals surface area contributed by atoms with E-state index in [1.54, 1.807) is 12.3 Å². The molecule has 0 fully saturated rings. The van der Waals surface area contributed by atoms with Crippen molar-refractivity contribution in [1.82, 2.24) is 4.98 Å². The Kier molecular flexibility index (Phi) is 3.38. The normalized spacial score (nSPS) is 14.4. The van der Waals surface area contributed by atoms with Gasteiger partial charge in [0.25, 0.3) is 0 Å². The first kappa shape index (κ1) is 13.3. The van der Waals surface area contributed by atoms with E-state index >= 15 is 0 Å². The van der Waals surface area contributed by atoms with Gasteiger partial charge in [0, 0.05) is 17.8 Å². The van der Waals surface area contributed by atoms with Gasteiger partial charge >= 0.3 is 5.97 Å². The second kappa shape index (κ2) is 4.84. The number of hydrogen-bond acceptors (Lipinski definition) is 4. The second-order valence-electron chi connectivity index (χ2n) is 5.37. The van der Waals surface area contributed by atoms with Crippen LogP contribution in [0.1, 0.15) is 31.9 Å². The molecule has 0 saturated heterocycles. The number of esters is 1. The molecule has 1 aliphatic rings. The van der Waals surface area contributed by atoms with Crippen LogP contribution in [0.5, 0.6) is 0 Å². The third-order valence-electron chi connectivity index (χ3n) is 2.42. The van der Waals surface area contributed by atoms with Gasteiger partial charge in [0.1, 0.15) is 11.4 Å². The van der Waals surface area contributed by atoms with Crippen LogP contribution in [0.4, 0.5) is 5.82 Å². The predicted molar refractivity (Wildman–Crippen MR) is 71.4 cm³/mol. The maximum absolute atomic E-state index is 11.5. The van der Waals surface area contributed by atoms with Crippen LogP contribution in [-0.4, -0.2) is 22.5 Å². The highest BCUT2D eigenvalue weighted by molar-refractivity contribution is 5.98. The molecular formula is C14H16N2O3. The molecule has 0 spiro atoms. The largest absolute Gasteiger partial charge is 0.457 e. The van der Waals surface area contributed by atoms with E-state index in [4.69, 9.17) is 4.74 Å². The average Bonchev–Trinajstić information content (AvgIpc) is 2.63. The number of rotatable bonds is 2. The summed E-state index contributed by atoms with van der Waals surface area (Å²) in [6, 6.07) is 1.83. The number of nitrogens with zero attached hydrogens (tertiary/aromatic N) is 1. The zero-order valence-corrected chi connectivity index (χ0v) is 11.2. The number of hydrogen-bond donors (Lipinski definition) is 1.